The third kappa shape index (κ3) is 3.16. The standard InChI is InChI=1S/C24H20N2O4/c1-14(15-10-11-21-18(12-15)26-22(27)13-29-21)25-24(28)23-16-6-2-4-8-19(16)30-20-9-5-3-7-17(20)23/h2-12,14,23H,13H2,1H3,(H,25,28)(H,26,27). The average molecular weight is 400 g/mol. The highest BCUT2D eigenvalue weighted by Gasteiger charge is 2.33. The van der Waals surface area contributed by atoms with E-state index in [-0.39, 0.29) is 24.5 Å². The predicted molar refractivity (Wildman–Crippen MR) is 112 cm³/mol. The molecule has 1 atom stereocenters. The van der Waals surface area contributed by atoms with Crippen LogP contribution in [0, 0.1) is 0 Å². The van der Waals surface area contributed by atoms with E-state index in [1.807, 2.05) is 73.7 Å². The van der Waals surface area contributed by atoms with Gasteiger partial charge in [0.05, 0.1) is 17.6 Å². The van der Waals surface area contributed by atoms with E-state index in [1.54, 1.807) is 0 Å². The van der Waals surface area contributed by atoms with Gasteiger partial charge in [0.25, 0.3) is 5.91 Å². The lowest BCUT2D eigenvalue weighted by Gasteiger charge is -2.28. The van der Waals surface area contributed by atoms with Gasteiger partial charge in [0.1, 0.15) is 17.2 Å². The van der Waals surface area contributed by atoms with Crippen molar-refractivity contribution in [1.82, 2.24) is 5.32 Å². The van der Waals surface area contributed by atoms with Crippen LogP contribution in [-0.4, -0.2) is 18.4 Å². The average Bonchev–Trinajstić information content (AvgIpc) is 2.76. The number of nitrogens with one attached hydrogen (secondary N) is 2. The minimum atomic E-state index is -0.464. The van der Waals surface area contributed by atoms with Gasteiger partial charge in [0.15, 0.2) is 6.61 Å². The molecule has 2 aliphatic heterocycles. The molecule has 0 aromatic heterocycles. The normalized spacial score (nSPS) is 15.4. The summed E-state index contributed by atoms with van der Waals surface area (Å²) < 4.78 is 11.4. The summed E-state index contributed by atoms with van der Waals surface area (Å²) in [6.45, 7) is 1.93. The molecule has 0 radical (unpaired) electrons. The van der Waals surface area contributed by atoms with Gasteiger partial charge in [0.2, 0.25) is 5.91 Å². The number of fused-ring (bicyclic) bond motifs is 3. The highest BCUT2D eigenvalue weighted by molar-refractivity contribution is 5.95. The fraction of sp³-hybridized carbons (Fsp3) is 0.167. The lowest BCUT2D eigenvalue weighted by Crippen LogP contribution is -2.33. The van der Waals surface area contributed by atoms with Crippen LogP contribution < -0.4 is 20.1 Å². The summed E-state index contributed by atoms with van der Waals surface area (Å²) in [5.41, 5.74) is 3.17. The second-order valence-electron chi connectivity index (χ2n) is 7.43. The Hall–Kier alpha value is -3.80. The Bertz CT molecular complexity index is 1110. The van der Waals surface area contributed by atoms with E-state index in [2.05, 4.69) is 10.6 Å². The summed E-state index contributed by atoms with van der Waals surface area (Å²) >= 11 is 0. The Morgan fingerprint density at radius 2 is 1.67 bits per heavy atom. The summed E-state index contributed by atoms with van der Waals surface area (Å²) in [6, 6.07) is 20.5. The molecule has 0 aliphatic carbocycles. The van der Waals surface area contributed by atoms with Crippen LogP contribution in [0.3, 0.4) is 0 Å². The van der Waals surface area contributed by atoms with E-state index >= 15 is 0 Å². The van der Waals surface area contributed by atoms with E-state index in [4.69, 9.17) is 9.47 Å². The molecule has 0 saturated heterocycles. The number of anilines is 1. The summed E-state index contributed by atoms with van der Waals surface area (Å²) in [5, 5.41) is 5.92. The molecule has 5 rings (SSSR count). The van der Waals surface area contributed by atoms with Crippen molar-refractivity contribution in [1.29, 1.82) is 0 Å². The SMILES string of the molecule is CC(NC(=O)C1c2ccccc2Oc2ccccc21)c1ccc2c(c1)NC(=O)CO2. The van der Waals surface area contributed by atoms with Gasteiger partial charge in [-0.05, 0) is 36.8 Å². The third-order valence-corrected chi connectivity index (χ3v) is 5.44. The molecule has 0 bridgehead atoms. The fourth-order valence-corrected chi connectivity index (χ4v) is 3.94. The van der Waals surface area contributed by atoms with Crippen molar-refractivity contribution in [3.8, 4) is 17.2 Å². The van der Waals surface area contributed by atoms with Gasteiger partial charge in [-0.1, -0.05) is 42.5 Å². The number of hydrogen-bond acceptors (Lipinski definition) is 4. The van der Waals surface area contributed by atoms with Crippen molar-refractivity contribution in [3.63, 3.8) is 0 Å². The van der Waals surface area contributed by atoms with Gasteiger partial charge in [-0.2, -0.15) is 0 Å². The van der Waals surface area contributed by atoms with Crippen molar-refractivity contribution >= 4 is 17.5 Å². The van der Waals surface area contributed by atoms with Gasteiger partial charge in [-0.25, -0.2) is 0 Å². The lowest BCUT2D eigenvalue weighted by atomic mass is 9.87. The van der Waals surface area contributed by atoms with Crippen LogP contribution in [0.2, 0.25) is 0 Å². The zero-order valence-electron chi connectivity index (χ0n) is 16.3. The van der Waals surface area contributed by atoms with Crippen LogP contribution in [0.4, 0.5) is 5.69 Å². The van der Waals surface area contributed by atoms with Crippen LogP contribution in [-0.2, 0) is 9.59 Å². The van der Waals surface area contributed by atoms with Crippen molar-refractivity contribution in [2.75, 3.05) is 11.9 Å². The van der Waals surface area contributed by atoms with Crippen LogP contribution in [0.1, 0.15) is 35.6 Å². The van der Waals surface area contributed by atoms with Gasteiger partial charge in [-0.15, -0.1) is 0 Å². The first kappa shape index (κ1) is 18.2. The van der Waals surface area contributed by atoms with Crippen LogP contribution in [0.5, 0.6) is 17.2 Å². The topological polar surface area (TPSA) is 76.7 Å². The largest absolute Gasteiger partial charge is 0.482 e. The number of ether oxygens (including phenoxy) is 2. The summed E-state index contributed by atoms with van der Waals surface area (Å²) in [6.07, 6.45) is 0. The molecule has 2 heterocycles. The highest BCUT2D eigenvalue weighted by Crippen LogP contribution is 2.44. The number of carbonyl (C=O) groups excluding carboxylic acids is 2. The molecular weight excluding hydrogens is 380 g/mol. The zero-order chi connectivity index (χ0) is 20.7. The molecule has 6 heteroatoms. The van der Waals surface area contributed by atoms with E-state index in [0.29, 0.717) is 22.9 Å². The molecular formula is C24H20N2O4. The Labute approximate surface area is 173 Å². The number of carbonyl (C=O) groups is 2. The first-order chi connectivity index (χ1) is 14.6. The van der Waals surface area contributed by atoms with E-state index in [1.165, 1.54) is 0 Å². The molecule has 3 aromatic rings. The van der Waals surface area contributed by atoms with E-state index in [9.17, 15) is 9.59 Å². The molecule has 30 heavy (non-hydrogen) atoms. The lowest BCUT2D eigenvalue weighted by molar-refractivity contribution is -0.122. The van der Waals surface area contributed by atoms with E-state index in [0.717, 1.165) is 16.7 Å². The Kier molecular flexibility index (Phi) is 4.39. The first-order valence-electron chi connectivity index (χ1n) is 9.83. The number of para-hydroxylation sites is 2. The number of amides is 2. The fourth-order valence-electron chi connectivity index (χ4n) is 3.94. The van der Waals surface area contributed by atoms with Crippen molar-refractivity contribution < 1.29 is 19.1 Å². The van der Waals surface area contributed by atoms with Crippen molar-refractivity contribution in [3.05, 3.63) is 83.4 Å². The minimum absolute atomic E-state index is 0.0151. The van der Waals surface area contributed by atoms with E-state index < -0.39 is 5.92 Å². The molecule has 0 spiro atoms. The summed E-state index contributed by atoms with van der Waals surface area (Å²) in [4.78, 5) is 25.0. The number of hydrogen-bond donors (Lipinski definition) is 2. The van der Waals surface area contributed by atoms with Crippen molar-refractivity contribution in [2.24, 2.45) is 0 Å². The Morgan fingerprint density at radius 3 is 2.37 bits per heavy atom. The molecule has 3 aromatic carbocycles. The zero-order valence-corrected chi connectivity index (χ0v) is 16.3. The smallest absolute Gasteiger partial charge is 0.262 e. The number of rotatable bonds is 3. The molecule has 150 valence electrons. The minimum Gasteiger partial charge on any atom is -0.482 e. The van der Waals surface area contributed by atoms with Gasteiger partial charge in [-0.3, -0.25) is 9.59 Å². The summed E-state index contributed by atoms with van der Waals surface area (Å²) in [5.74, 6) is 1.25. The van der Waals surface area contributed by atoms with Gasteiger partial charge >= 0.3 is 0 Å². The second-order valence-corrected chi connectivity index (χ2v) is 7.43. The van der Waals surface area contributed by atoms with Crippen LogP contribution >= 0.6 is 0 Å². The monoisotopic (exact) mass is 400 g/mol. The quantitative estimate of drug-likeness (QED) is 0.693. The molecule has 0 fully saturated rings. The molecule has 6 nitrogen and oxygen atoms in total. The second kappa shape index (κ2) is 7.22. The Morgan fingerprint density at radius 1 is 1.00 bits per heavy atom. The maximum atomic E-state index is 13.4. The molecule has 1 unspecified atom stereocenters. The molecule has 2 N–H and O–H groups in total. The van der Waals surface area contributed by atoms with Gasteiger partial charge in [0, 0.05) is 11.1 Å². The maximum absolute atomic E-state index is 13.4. The van der Waals surface area contributed by atoms with Crippen LogP contribution in [0.25, 0.3) is 0 Å². The highest BCUT2D eigenvalue weighted by atomic mass is 16.5. The van der Waals surface area contributed by atoms with Gasteiger partial charge < -0.3 is 20.1 Å². The van der Waals surface area contributed by atoms with Crippen LogP contribution in [0.15, 0.2) is 66.7 Å². The predicted octanol–water partition coefficient (Wildman–Crippen LogP) is 4.13. The maximum Gasteiger partial charge on any atom is 0.262 e. The number of benzene rings is 3. The first-order valence-corrected chi connectivity index (χ1v) is 9.83. The third-order valence-electron chi connectivity index (χ3n) is 5.44. The van der Waals surface area contributed by atoms with Crippen molar-refractivity contribution in [2.45, 2.75) is 18.9 Å². The molecule has 2 amide bonds. The Balaban J connectivity index is 1.43. The molecule has 0 saturated carbocycles. The summed E-state index contributed by atoms with van der Waals surface area (Å²) in [7, 11) is 0. The molecule has 2 aliphatic rings.